The third-order valence-corrected chi connectivity index (χ3v) is 4.88. The van der Waals surface area contributed by atoms with Crippen LogP contribution < -0.4 is 0 Å². The maximum Gasteiger partial charge on any atom is 0.170 e. The van der Waals surface area contributed by atoms with Gasteiger partial charge >= 0.3 is 0 Å². The summed E-state index contributed by atoms with van der Waals surface area (Å²) in [7, 11) is 0. The van der Waals surface area contributed by atoms with Crippen molar-refractivity contribution in [3.63, 3.8) is 0 Å². The fraction of sp³-hybridized carbons (Fsp3) is 0.111. The lowest BCUT2D eigenvalue weighted by molar-refractivity contribution is 1.07. The van der Waals surface area contributed by atoms with Crippen molar-refractivity contribution < 1.29 is 0 Å². The van der Waals surface area contributed by atoms with Gasteiger partial charge in [-0.15, -0.1) is 11.3 Å². The summed E-state index contributed by atoms with van der Waals surface area (Å²) in [4.78, 5) is 13.7. The number of hydrogen-bond donors (Lipinski definition) is 0. The van der Waals surface area contributed by atoms with Gasteiger partial charge in [-0.3, -0.25) is 0 Å². The first-order chi connectivity index (χ1) is 8.33. The molecule has 0 radical (unpaired) electrons. The Bertz CT molecular complexity index is 637. The van der Waals surface area contributed by atoms with Gasteiger partial charge in [0.15, 0.2) is 4.34 Å². The molecule has 0 N–H and O–H groups in total. The van der Waals surface area contributed by atoms with Gasteiger partial charge in [-0.25, -0.2) is 15.0 Å². The van der Waals surface area contributed by atoms with Gasteiger partial charge in [0.25, 0.3) is 0 Å². The minimum absolute atomic E-state index is 0.518. The second-order valence-electron chi connectivity index (χ2n) is 3.07. The summed E-state index contributed by atoms with van der Waals surface area (Å²) in [5.41, 5.74) is 0. The normalized spacial score (nSPS) is 11.1. The molecule has 0 spiro atoms. The highest BCUT2D eigenvalue weighted by atomic mass is 35.5. The van der Waals surface area contributed by atoms with Crippen molar-refractivity contribution in [3.05, 3.63) is 28.8 Å². The Hall–Kier alpha value is -0.760. The van der Waals surface area contributed by atoms with Gasteiger partial charge in [-0.05, 0) is 23.0 Å². The quantitative estimate of drug-likeness (QED) is 0.547. The van der Waals surface area contributed by atoms with Crippen LogP contribution in [0.4, 0.5) is 0 Å². The number of hydrogen-bond acceptors (Lipinski definition) is 7. The van der Waals surface area contributed by atoms with Gasteiger partial charge in [0.1, 0.15) is 22.1 Å². The zero-order valence-corrected chi connectivity index (χ0v) is 11.5. The zero-order valence-electron chi connectivity index (χ0n) is 8.33. The number of rotatable bonds is 3. The first kappa shape index (κ1) is 11.3. The Morgan fingerprint density at radius 2 is 2.29 bits per heavy atom. The molecule has 0 aliphatic carbocycles. The van der Waals surface area contributed by atoms with Crippen LogP contribution >= 0.6 is 46.2 Å². The van der Waals surface area contributed by atoms with E-state index in [0.29, 0.717) is 10.9 Å². The molecule has 0 aromatic carbocycles. The molecular formula is C9H5ClN4S3. The molecule has 0 bridgehead atoms. The Morgan fingerprint density at radius 3 is 3.12 bits per heavy atom. The van der Waals surface area contributed by atoms with Crippen molar-refractivity contribution in [3.8, 4) is 0 Å². The standard InChI is InChI=1S/C9H5ClN4S3/c10-7-5-1-2-15-8(5)14-6(13-7)3-16-9-11-4-12-17-9/h1-2,4H,3H2. The number of thiophene rings is 1. The molecule has 4 nitrogen and oxygen atoms in total. The largest absolute Gasteiger partial charge is 0.221 e. The maximum atomic E-state index is 6.09. The van der Waals surface area contributed by atoms with Gasteiger partial charge < -0.3 is 0 Å². The molecule has 0 amide bonds. The minimum Gasteiger partial charge on any atom is -0.221 e. The lowest BCUT2D eigenvalue weighted by Crippen LogP contribution is -1.92. The number of fused-ring (bicyclic) bond motifs is 1. The van der Waals surface area contributed by atoms with E-state index in [1.807, 2.05) is 11.4 Å². The summed E-state index contributed by atoms with van der Waals surface area (Å²) in [6.07, 6.45) is 1.54. The molecule has 0 fully saturated rings. The highest BCUT2D eigenvalue weighted by Crippen LogP contribution is 2.27. The molecule has 0 saturated carbocycles. The SMILES string of the molecule is Clc1nc(CSc2ncns2)nc2sccc12. The Morgan fingerprint density at radius 1 is 1.35 bits per heavy atom. The van der Waals surface area contributed by atoms with Crippen LogP contribution in [0.25, 0.3) is 10.2 Å². The molecule has 3 rings (SSSR count). The molecule has 86 valence electrons. The molecule has 3 heterocycles. The smallest absolute Gasteiger partial charge is 0.170 e. The van der Waals surface area contributed by atoms with Crippen molar-refractivity contribution in [2.75, 3.05) is 0 Å². The van der Waals surface area contributed by atoms with E-state index in [2.05, 4.69) is 19.3 Å². The average molecular weight is 301 g/mol. The van der Waals surface area contributed by atoms with E-state index < -0.39 is 0 Å². The highest BCUT2D eigenvalue weighted by molar-refractivity contribution is 8.00. The van der Waals surface area contributed by atoms with Gasteiger partial charge in [0, 0.05) is 5.39 Å². The first-order valence-electron chi connectivity index (χ1n) is 4.62. The summed E-state index contributed by atoms with van der Waals surface area (Å²) < 4.78 is 4.85. The Labute approximate surface area is 114 Å². The summed E-state index contributed by atoms with van der Waals surface area (Å²) in [5.74, 6) is 1.38. The minimum atomic E-state index is 0.518. The molecule has 17 heavy (non-hydrogen) atoms. The fourth-order valence-electron chi connectivity index (χ4n) is 1.28. The van der Waals surface area contributed by atoms with Gasteiger partial charge in [0.2, 0.25) is 0 Å². The molecule has 3 aromatic heterocycles. The van der Waals surface area contributed by atoms with E-state index in [9.17, 15) is 0 Å². The predicted octanol–water partition coefficient (Wildman–Crippen LogP) is 3.49. The molecule has 0 aliphatic rings. The molecule has 3 aromatic rings. The molecule has 0 unspecified atom stereocenters. The molecule has 0 saturated heterocycles. The zero-order chi connectivity index (χ0) is 11.7. The van der Waals surface area contributed by atoms with E-state index in [1.54, 1.807) is 29.4 Å². The van der Waals surface area contributed by atoms with Crippen LogP contribution in [0.1, 0.15) is 5.82 Å². The summed E-state index contributed by atoms with van der Waals surface area (Å²) in [6.45, 7) is 0. The van der Waals surface area contributed by atoms with Gasteiger partial charge in [-0.1, -0.05) is 23.4 Å². The monoisotopic (exact) mass is 300 g/mol. The van der Waals surface area contributed by atoms with Crippen molar-refractivity contribution in [2.45, 2.75) is 10.1 Å². The van der Waals surface area contributed by atoms with Crippen LogP contribution in [-0.2, 0) is 5.75 Å². The topological polar surface area (TPSA) is 51.6 Å². The van der Waals surface area contributed by atoms with Crippen molar-refractivity contribution in [1.29, 1.82) is 0 Å². The van der Waals surface area contributed by atoms with Crippen LogP contribution in [0.2, 0.25) is 5.15 Å². The van der Waals surface area contributed by atoms with Crippen molar-refractivity contribution >= 4 is 56.4 Å². The van der Waals surface area contributed by atoms with Gasteiger partial charge in [-0.2, -0.15) is 4.37 Å². The molecular weight excluding hydrogens is 296 g/mol. The van der Waals surface area contributed by atoms with Crippen LogP contribution in [0.15, 0.2) is 22.1 Å². The lowest BCUT2D eigenvalue weighted by Gasteiger charge is -1.99. The maximum absolute atomic E-state index is 6.09. The van der Waals surface area contributed by atoms with E-state index in [-0.39, 0.29) is 0 Å². The van der Waals surface area contributed by atoms with Crippen molar-refractivity contribution in [2.24, 2.45) is 0 Å². The third-order valence-electron chi connectivity index (χ3n) is 1.99. The number of nitrogens with zero attached hydrogens (tertiary/aromatic N) is 4. The first-order valence-corrected chi connectivity index (χ1v) is 7.63. The predicted molar refractivity (Wildman–Crippen MR) is 71.9 cm³/mol. The third kappa shape index (κ3) is 2.42. The summed E-state index contributed by atoms with van der Waals surface area (Å²) in [6, 6.07) is 1.93. The highest BCUT2D eigenvalue weighted by Gasteiger charge is 2.08. The summed E-state index contributed by atoms with van der Waals surface area (Å²) >= 11 is 10.6. The Balaban J connectivity index is 1.85. The van der Waals surface area contributed by atoms with Crippen LogP contribution in [0.5, 0.6) is 0 Å². The molecule has 0 aliphatic heterocycles. The summed E-state index contributed by atoms with van der Waals surface area (Å²) in [5, 5.41) is 3.40. The van der Waals surface area contributed by atoms with Gasteiger partial charge in [0.05, 0.1) is 5.75 Å². The number of thioether (sulfide) groups is 1. The average Bonchev–Trinajstić information content (AvgIpc) is 2.97. The Kier molecular flexibility index (Phi) is 3.24. The van der Waals surface area contributed by atoms with Crippen LogP contribution in [0.3, 0.4) is 0 Å². The van der Waals surface area contributed by atoms with Crippen molar-refractivity contribution in [1.82, 2.24) is 19.3 Å². The van der Waals surface area contributed by atoms with E-state index in [4.69, 9.17) is 11.6 Å². The van der Waals surface area contributed by atoms with Crippen LogP contribution in [0, 0.1) is 0 Å². The number of aromatic nitrogens is 4. The van der Waals surface area contributed by atoms with E-state index in [1.165, 1.54) is 11.5 Å². The van der Waals surface area contributed by atoms with E-state index >= 15 is 0 Å². The molecule has 8 heteroatoms. The lowest BCUT2D eigenvalue weighted by atomic mass is 10.4. The van der Waals surface area contributed by atoms with Crippen LogP contribution in [-0.4, -0.2) is 19.3 Å². The molecule has 0 atom stereocenters. The second kappa shape index (κ2) is 4.85. The number of halogens is 1. The van der Waals surface area contributed by atoms with E-state index in [0.717, 1.165) is 20.4 Å². The fourth-order valence-corrected chi connectivity index (χ4v) is 3.67. The second-order valence-corrected chi connectivity index (χ2v) is 6.32.